The number of carbonyl (C=O) groups excluding carboxylic acids is 1. The Balaban J connectivity index is 2.18. The van der Waals surface area contributed by atoms with Crippen LogP contribution in [-0.2, 0) is 22.4 Å². The largest absolute Gasteiger partial charge is 0.466 e. The third kappa shape index (κ3) is 3.17. The summed E-state index contributed by atoms with van der Waals surface area (Å²) < 4.78 is 4.57. The van der Waals surface area contributed by atoms with E-state index < -0.39 is 0 Å². The van der Waals surface area contributed by atoms with Crippen LogP contribution in [0.2, 0.25) is 0 Å². The van der Waals surface area contributed by atoms with Crippen LogP contribution in [-0.4, -0.2) is 26.2 Å². The number of hydrogen-bond donors (Lipinski definition) is 1. The molecule has 1 aliphatic heterocycles. The molecule has 3 nitrogen and oxygen atoms in total. The fourth-order valence-electron chi connectivity index (χ4n) is 2.03. The Morgan fingerprint density at radius 2 is 2.06 bits per heavy atom. The molecular formula is C14H17NO2. The van der Waals surface area contributed by atoms with Crippen LogP contribution in [0.1, 0.15) is 16.7 Å². The van der Waals surface area contributed by atoms with Gasteiger partial charge in [0.15, 0.2) is 0 Å². The van der Waals surface area contributed by atoms with Gasteiger partial charge in [0.05, 0.1) is 7.11 Å². The summed E-state index contributed by atoms with van der Waals surface area (Å²) in [7, 11) is 1.38. The number of nitrogens with one attached hydrogen (secondary N) is 1. The maximum atomic E-state index is 11.0. The molecule has 1 heterocycles. The molecule has 0 aliphatic carbocycles. The van der Waals surface area contributed by atoms with Crippen molar-refractivity contribution in [2.75, 3.05) is 20.2 Å². The van der Waals surface area contributed by atoms with E-state index in [9.17, 15) is 4.79 Å². The number of esters is 1. The van der Waals surface area contributed by atoms with Crippen LogP contribution >= 0.6 is 0 Å². The van der Waals surface area contributed by atoms with Crippen molar-refractivity contribution in [1.29, 1.82) is 0 Å². The van der Waals surface area contributed by atoms with Gasteiger partial charge in [-0.2, -0.15) is 0 Å². The maximum Gasteiger partial charge on any atom is 0.330 e. The first-order chi connectivity index (χ1) is 8.29. The first kappa shape index (κ1) is 11.9. The van der Waals surface area contributed by atoms with E-state index in [0.717, 1.165) is 31.5 Å². The van der Waals surface area contributed by atoms with E-state index in [-0.39, 0.29) is 5.97 Å². The number of ether oxygens (including phenoxy) is 1. The molecule has 0 fully saturated rings. The third-order valence-electron chi connectivity index (χ3n) is 2.99. The highest BCUT2D eigenvalue weighted by Gasteiger charge is 2.07. The van der Waals surface area contributed by atoms with Gasteiger partial charge in [-0.1, -0.05) is 18.2 Å². The van der Waals surface area contributed by atoms with Gasteiger partial charge >= 0.3 is 5.97 Å². The molecule has 90 valence electrons. The second-order valence-electron chi connectivity index (χ2n) is 4.13. The zero-order chi connectivity index (χ0) is 12.1. The van der Waals surface area contributed by atoms with Crippen molar-refractivity contribution in [2.45, 2.75) is 12.8 Å². The van der Waals surface area contributed by atoms with Gasteiger partial charge in [0.25, 0.3) is 0 Å². The minimum absolute atomic E-state index is 0.318. The second-order valence-corrected chi connectivity index (χ2v) is 4.13. The Morgan fingerprint density at radius 1 is 1.29 bits per heavy atom. The third-order valence-corrected chi connectivity index (χ3v) is 2.99. The van der Waals surface area contributed by atoms with E-state index in [1.54, 1.807) is 6.08 Å². The molecule has 1 aromatic rings. The van der Waals surface area contributed by atoms with Crippen LogP contribution in [0, 0.1) is 0 Å². The number of carbonyl (C=O) groups is 1. The monoisotopic (exact) mass is 231 g/mol. The molecule has 0 amide bonds. The molecule has 0 atom stereocenters. The molecule has 1 aliphatic rings. The first-order valence-corrected chi connectivity index (χ1v) is 5.88. The number of fused-ring (bicyclic) bond motifs is 1. The Labute approximate surface area is 101 Å². The molecular weight excluding hydrogens is 214 g/mol. The van der Waals surface area contributed by atoms with Crippen LogP contribution in [0.25, 0.3) is 6.08 Å². The zero-order valence-corrected chi connectivity index (χ0v) is 10.0. The van der Waals surface area contributed by atoms with Crippen LogP contribution in [0.3, 0.4) is 0 Å². The zero-order valence-electron chi connectivity index (χ0n) is 10.0. The lowest BCUT2D eigenvalue weighted by Gasteiger charge is -2.05. The summed E-state index contributed by atoms with van der Waals surface area (Å²) in [6, 6.07) is 6.35. The predicted octanol–water partition coefficient (Wildman–Crippen LogP) is 1.56. The standard InChI is InChI=1S/C14H17NO2/c1-17-14(16)5-3-11-2-4-12-6-8-15-9-7-13(12)10-11/h2-5,10,15H,6-9H2,1H3. The molecule has 0 spiro atoms. The summed E-state index contributed by atoms with van der Waals surface area (Å²) in [4.78, 5) is 11.0. The van der Waals surface area contributed by atoms with Crippen molar-refractivity contribution in [2.24, 2.45) is 0 Å². The quantitative estimate of drug-likeness (QED) is 0.620. The molecule has 1 aromatic carbocycles. The smallest absolute Gasteiger partial charge is 0.330 e. The predicted molar refractivity (Wildman–Crippen MR) is 67.8 cm³/mol. The lowest BCUT2D eigenvalue weighted by molar-refractivity contribution is -0.134. The lowest BCUT2D eigenvalue weighted by Crippen LogP contribution is -2.16. The normalized spacial score (nSPS) is 15.4. The van der Waals surface area contributed by atoms with Crippen LogP contribution < -0.4 is 5.32 Å². The molecule has 2 rings (SSSR count). The highest BCUT2D eigenvalue weighted by Crippen LogP contribution is 2.16. The molecule has 0 saturated carbocycles. The lowest BCUT2D eigenvalue weighted by atomic mass is 10.00. The van der Waals surface area contributed by atoms with Gasteiger partial charge in [-0.05, 0) is 48.7 Å². The fraction of sp³-hybridized carbons (Fsp3) is 0.357. The number of hydrogen-bond acceptors (Lipinski definition) is 3. The molecule has 0 saturated heterocycles. The highest BCUT2D eigenvalue weighted by atomic mass is 16.5. The summed E-state index contributed by atoms with van der Waals surface area (Å²) in [5.74, 6) is -0.318. The summed E-state index contributed by atoms with van der Waals surface area (Å²) in [6.07, 6.45) is 5.38. The minimum Gasteiger partial charge on any atom is -0.466 e. The van der Waals surface area contributed by atoms with Gasteiger partial charge in [0.1, 0.15) is 0 Å². The van der Waals surface area contributed by atoms with Crippen LogP contribution in [0.4, 0.5) is 0 Å². The topological polar surface area (TPSA) is 38.3 Å². The van der Waals surface area contributed by atoms with Gasteiger partial charge in [-0.15, -0.1) is 0 Å². The number of methoxy groups -OCH3 is 1. The SMILES string of the molecule is COC(=O)C=Cc1ccc2c(c1)CCNCC2. The Hall–Kier alpha value is -1.61. The Morgan fingerprint density at radius 3 is 2.82 bits per heavy atom. The molecule has 0 aromatic heterocycles. The van der Waals surface area contributed by atoms with E-state index >= 15 is 0 Å². The summed E-state index contributed by atoms with van der Waals surface area (Å²) in [5, 5.41) is 3.38. The van der Waals surface area contributed by atoms with Gasteiger partial charge in [0, 0.05) is 6.08 Å². The maximum absolute atomic E-state index is 11.0. The van der Waals surface area contributed by atoms with Crippen molar-refractivity contribution in [1.82, 2.24) is 5.32 Å². The first-order valence-electron chi connectivity index (χ1n) is 5.88. The summed E-state index contributed by atoms with van der Waals surface area (Å²) in [5.41, 5.74) is 3.84. The van der Waals surface area contributed by atoms with E-state index in [1.807, 2.05) is 6.07 Å². The Kier molecular flexibility index (Phi) is 3.94. The van der Waals surface area contributed by atoms with Crippen molar-refractivity contribution in [3.8, 4) is 0 Å². The number of benzene rings is 1. The second kappa shape index (κ2) is 5.64. The van der Waals surface area contributed by atoms with Crippen molar-refractivity contribution >= 4 is 12.0 Å². The summed E-state index contributed by atoms with van der Waals surface area (Å²) >= 11 is 0. The van der Waals surface area contributed by atoms with Gasteiger partial charge < -0.3 is 10.1 Å². The van der Waals surface area contributed by atoms with E-state index in [1.165, 1.54) is 24.3 Å². The van der Waals surface area contributed by atoms with E-state index in [2.05, 4.69) is 22.2 Å². The van der Waals surface area contributed by atoms with Gasteiger partial charge in [-0.3, -0.25) is 0 Å². The van der Waals surface area contributed by atoms with Crippen molar-refractivity contribution in [3.63, 3.8) is 0 Å². The molecule has 0 unspecified atom stereocenters. The average Bonchev–Trinajstić information content (AvgIpc) is 2.60. The van der Waals surface area contributed by atoms with Gasteiger partial charge in [-0.25, -0.2) is 4.79 Å². The molecule has 3 heteroatoms. The molecule has 1 N–H and O–H groups in total. The fourth-order valence-corrected chi connectivity index (χ4v) is 2.03. The highest BCUT2D eigenvalue weighted by molar-refractivity contribution is 5.86. The van der Waals surface area contributed by atoms with Crippen LogP contribution in [0.5, 0.6) is 0 Å². The average molecular weight is 231 g/mol. The van der Waals surface area contributed by atoms with Crippen molar-refractivity contribution < 1.29 is 9.53 Å². The van der Waals surface area contributed by atoms with E-state index in [0.29, 0.717) is 0 Å². The molecule has 0 radical (unpaired) electrons. The molecule has 0 bridgehead atoms. The minimum atomic E-state index is -0.318. The summed E-state index contributed by atoms with van der Waals surface area (Å²) in [6.45, 7) is 2.07. The van der Waals surface area contributed by atoms with Gasteiger partial charge in [0.2, 0.25) is 0 Å². The van der Waals surface area contributed by atoms with Crippen molar-refractivity contribution in [3.05, 3.63) is 41.0 Å². The molecule has 17 heavy (non-hydrogen) atoms. The van der Waals surface area contributed by atoms with Crippen LogP contribution in [0.15, 0.2) is 24.3 Å². The Bertz CT molecular complexity index is 438. The number of rotatable bonds is 2. The van der Waals surface area contributed by atoms with E-state index in [4.69, 9.17) is 0 Å².